The Balaban J connectivity index is 1.83. The number of carbonyl (C=O) groups is 2. The van der Waals surface area contributed by atoms with Gasteiger partial charge in [-0.1, -0.05) is 12.1 Å². The van der Waals surface area contributed by atoms with E-state index in [4.69, 9.17) is 27.9 Å². The molecule has 1 aromatic carbocycles. The number of aryl methyl sites for hydroxylation is 1. The minimum Gasteiger partial charge on any atom is -0.455 e. The number of carbonyl (C=O) groups excluding carboxylic acids is 2. The van der Waals surface area contributed by atoms with Crippen molar-refractivity contribution >= 4 is 40.8 Å². The summed E-state index contributed by atoms with van der Waals surface area (Å²) in [5.41, 5.74) is 0.770. The number of hydrogen-bond donors (Lipinski definition) is 1. The highest BCUT2D eigenvalue weighted by Gasteiger charge is 2.69. The Morgan fingerprint density at radius 1 is 1.40 bits per heavy atom. The van der Waals surface area contributed by atoms with E-state index < -0.39 is 21.6 Å². The summed E-state index contributed by atoms with van der Waals surface area (Å²) in [6.07, 6.45) is 0.335. The Labute approximate surface area is 127 Å². The van der Waals surface area contributed by atoms with Crippen LogP contribution in [0.25, 0.3) is 0 Å². The number of benzene rings is 1. The zero-order chi connectivity index (χ0) is 15.0. The fourth-order valence-corrected chi connectivity index (χ4v) is 2.52. The third-order valence-corrected chi connectivity index (χ3v) is 4.45. The third-order valence-electron chi connectivity index (χ3n) is 3.34. The van der Waals surface area contributed by atoms with E-state index in [1.165, 1.54) is 0 Å². The average Bonchev–Trinajstić information content (AvgIpc) is 2.87. The monoisotopic (exact) mass is 315 g/mol. The molecule has 0 bridgehead atoms. The van der Waals surface area contributed by atoms with Crippen LogP contribution in [0.1, 0.15) is 18.9 Å². The molecule has 1 saturated carbocycles. The zero-order valence-corrected chi connectivity index (χ0v) is 12.7. The molecule has 0 heterocycles. The summed E-state index contributed by atoms with van der Waals surface area (Å²) in [7, 11) is 0. The molecule has 1 aromatic rings. The molecule has 0 aliphatic heterocycles. The molecule has 0 spiro atoms. The van der Waals surface area contributed by atoms with E-state index in [2.05, 4.69) is 5.32 Å². The van der Waals surface area contributed by atoms with Crippen LogP contribution in [0.15, 0.2) is 24.3 Å². The van der Waals surface area contributed by atoms with E-state index in [1.54, 1.807) is 13.0 Å². The van der Waals surface area contributed by atoms with Gasteiger partial charge in [0.25, 0.3) is 5.91 Å². The maximum Gasteiger partial charge on any atom is 0.315 e. The molecule has 0 radical (unpaired) electrons. The molecule has 20 heavy (non-hydrogen) atoms. The van der Waals surface area contributed by atoms with Gasteiger partial charge in [-0.05, 0) is 31.5 Å². The molecular weight excluding hydrogens is 301 g/mol. The molecule has 1 aliphatic carbocycles. The van der Waals surface area contributed by atoms with Gasteiger partial charge in [0.15, 0.2) is 6.61 Å². The van der Waals surface area contributed by atoms with Crippen molar-refractivity contribution < 1.29 is 14.3 Å². The van der Waals surface area contributed by atoms with Gasteiger partial charge < -0.3 is 10.1 Å². The topological polar surface area (TPSA) is 55.4 Å². The van der Waals surface area contributed by atoms with Crippen molar-refractivity contribution in [2.45, 2.75) is 24.6 Å². The predicted molar refractivity (Wildman–Crippen MR) is 77.9 cm³/mol. The van der Waals surface area contributed by atoms with Crippen LogP contribution >= 0.6 is 23.2 Å². The first-order valence-corrected chi connectivity index (χ1v) is 6.92. The maximum absolute atomic E-state index is 11.8. The van der Waals surface area contributed by atoms with Gasteiger partial charge in [0.05, 0.1) is 0 Å². The van der Waals surface area contributed by atoms with Gasteiger partial charge in [-0.2, -0.15) is 0 Å². The second-order valence-corrected chi connectivity index (χ2v) is 6.69. The molecule has 1 N–H and O–H groups in total. The highest BCUT2D eigenvalue weighted by molar-refractivity contribution is 6.53. The van der Waals surface area contributed by atoms with Gasteiger partial charge in [-0.25, -0.2) is 0 Å². The molecule has 6 heteroatoms. The van der Waals surface area contributed by atoms with Crippen molar-refractivity contribution in [3.05, 3.63) is 29.8 Å². The first-order valence-electron chi connectivity index (χ1n) is 6.16. The molecule has 2 rings (SSSR count). The van der Waals surface area contributed by atoms with Crippen molar-refractivity contribution in [3.8, 4) is 0 Å². The number of halogens is 2. The minimum atomic E-state index is -1.09. The van der Waals surface area contributed by atoms with Crippen molar-refractivity contribution in [1.29, 1.82) is 0 Å². The van der Waals surface area contributed by atoms with Gasteiger partial charge in [0.1, 0.15) is 9.75 Å². The standard InChI is InChI=1S/C14H15Cl2NO3/c1-9-4-3-5-10(6-9)17-11(18)7-20-12(19)13(2)8-14(13,15)16/h3-6H,7-8H2,1-2H3,(H,17,18). The summed E-state index contributed by atoms with van der Waals surface area (Å²) >= 11 is 11.7. The van der Waals surface area contributed by atoms with E-state index in [0.29, 0.717) is 12.1 Å². The highest BCUT2D eigenvalue weighted by atomic mass is 35.5. The second-order valence-electron chi connectivity index (χ2n) is 5.21. The summed E-state index contributed by atoms with van der Waals surface area (Å²) < 4.78 is 3.86. The van der Waals surface area contributed by atoms with Crippen molar-refractivity contribution in [2.24, 2.45) is 5.41 Å². The quantitative estimate of drug-likeness (QED) is 0.686. The summed E-state index contributed by atoms with van der Waals surface area (Å²) in [5, 5.41) is 2.65. The van der Waals surface area contributed by atoms with Crippen LogP contribution in [0.2, 0.25) is 0 Å². The van der Waals surface area contributed by atoms with Crippen molar-refractivity contribution in [3.63, 3.8) is 0 Å². The number of anilines is 1. The molecule has 0 aromatic heterocycles. The van der Waals surface area contributed by atoms with E-state index >= 15 is 0 Å². The SMILES string of the molecule is Cc1cccc(NC(=O)COC(=O)C2(C)CC2(Cl)Cl)c1. The lowest BCUT2D eigenvalue weighted by molar-refractivity contribution is -0.152. The van der Waals surface area contributed by atoms with Crippen LogP contribution in [0.3, 0.4) is 0 Å². The van der Waals surface area contributed by atoms with Gasteiger partial charge in [-0.15, -0.1) is 23.2 Å². The molecule has 0 saturated heterocycles. The Morgan fingerprint density at radius 2 is 2.05 bits per heavy atom. The normalized spacial score (nSPS) is 23.0. The lowest BCUT2D eigenvalue weighted by atomic mass is 10.1. The summed E-state index contributed by atoms with van der Waals surface area (Å²) in [6, 6.07) is 7.34. The molecule has 4 nitrogen and oxygen atoms in total. The van der Waals surface area contributed by atoms with Crippen LogP contribution < -0.4 is 5.32 Å². The first-order chi connectivity index (χ1) is 9.24. The van der Waals surface area contributed by atoms with Gasteiger partial charge >= 0.3 is 5.97 Å². The van der Waals surface area contributed by atoms with Crippen LogP contribution in [-0.2, 0) is 14.3 Å². The average molecular weight is 316 g/mol. The largest absolute Gasteiger partial charge is 0.455 e. The van der Waals surface area contributed by atoms with E-state index in [0.717, 1.165) is 5.56 Å². The molecule has 1 atom stereocenters. The summed E-state index contributed by atoms with van der Waals surface area (Å²) in [5.74, 6) is -0.954. The number of esters is 1. The van der Waals surface area contributed by atoms with Gasteiger partial charge in [-0.3, -0.25) is 9.59 Å². The molecule has 1 fully saturated rings. The molecule has 1 unspecified atom stereocenters. The molecule has 108 valence electrons. The van der Waals surface area contributed by atoms with Gasteiger partial charge in [0, 0.05) is 12.1 Å². The molecular formula is C14H15Cl2NO3. The minimum absolute atomic E-state index is 0.335. The second kappa shape index (κ2) is 5.26. The zero-order valence-electron chi connectivity index (χ0n) is 11.2. The Bertz CT molecular complexity index is 559. The van der Waals surface area contributed by atoms with E-state index in [9.17, 15) is 9.59 Å². The van der Waals surface area contributed by atoms with Crippen molar-refractivity contribution in [1.82, 2.24) is 0 Å². The first kappa shape index (κ1) is 15.1. The fraction of sp³-hybridized carbons (Fsp3) is 0.429. The Hall–Kier alpha value is -1.26. The Kier molecular flexibility index (Phi) is 3.98. The number of amides is 1. The number of hydrogen-bond acceptors (Lipinski definition) is 3. The van der Waals surface area contributed by atoms with Crippen LogP contribution in [0, 0.1) is 12.3 Å². The number of alkyl halides is 2. The predicted octanol–water partition coefficient (Wildman–Crippen LogP) is 3.06. The summed E-state index contributed by atoms with van der Waals surface area (Å²) in [6.45, 7) is 3.18. The third kappa shape index (κ3) is 3.07. The fourth-order valence-electron chi connectivity index (χ4n) is 1.83. The molecule has 1 aliphatic rings. The lowest BCUT2D eigenvalue weighted by Crippen LogP contribution is -2.26. The smallest absolute Gasteiger partial charge is 0.315 e. The maximum atomic E-state index is 11.8. The van der Waals surface area contributed by atoms with Gasteiger partial charge in [0.2, 0.25) is 0 Å². The van der Waals surface area contributed by atoms with E-state index in [-0.39, 0.29) is 6.61 Å². The lowest BCUT2D eigenvalue weighted by Gasteiger charge is -2.12. The number of rotatable bonds is 4. The Morgan fingerprint density at radius 3 is 2.60 bits per heavy atom. The number of ether oxygens (including phenoxy) is 1. The molecule has 1 amide bonds. The summed E-state index contributed by atoms with van der Waals surface area (Å²) in [4.78, 5) is 23.5. The van der Waals surface area contributed by atoms with Crippen LogP contribution in [-0.4, -0.2) is 22.8 Å². The number of nitrogens with one attached hydrogen (secondary N) is 1. The van der Waals surface area contributed by atoms with Crippen molar-refractivity contribution in [2.75, 3.05) is 11.9 Å². The van der Waals surface area contributed by atoms with E-state index in [1.807, 2.05) is 25.1 Å². The highest BCUT2D eigenvalue weighted by Crippen LogP contribution is 2.64. The van der Waals surface area contributed by atoms with Crippen LogP contribution in [0.5, 0.6) is 0 Å². The van der Waals surface area contributed by atoms with Crippen LogP contribution in [0.4, 0.5) is 5.69 Å².